The van der Waals surface area contributed by atoms with Crippen LogP contribution in [0.15, 0.2) is 16.7 Å². The maximum absolute atomic E-state index is 13.1. The lowest BCUT2D eigenvalue weighted by molar-refractivity contribution is 0.387. The van der Waals surface area contributed by atoms with Crippen LogP contribution >= 0.6 is 0 Å². The molecule has 2 rings (SSSR count). The fourth-order valence-electron chi connectivity index (χ4n) is 1.48. The van der Waals surface area contributed by atoms with Gasteiger partial charge in [-0.1, -0.05) is 5.16 Å². The summed E-state index contributed by atoms with van der Waals surface area (Å²) in [6.45, 7) is 2.08. The average Bonchev–Trinajstić information content (AvgIpc) is 2.71. The molecule has 3 N–H and O–H groups in total. The molecule has 0 saturated carbocycles. The van der Waals surface area contributed by atoms with E-state index >= 15 is 0 Å². The van der Waals surface area contributed by atoms with Crippen LogP contribution in [-0.4, -0.2) is 16.7 Å². The van der Waals surface area contributed by atoms with E-state index in [-0.39, 0.29) is 11.4 Å². The Morgan fingerprint density at radius 2 is 2.17 bits per heavy atom. The van der Waals surface area contributed by atoms with Crippen molar-refractivity contribution < 1.29 is 13.3 Å². The van der Waals surface area contributed by atoms with Gasteiger partial charge >= 0.3 is 0 Å². The van der Waals surface area contributed by atoms with Crippen LogP contribution in [0.5, 0.6) is 0 Å². The van der Waals surface area contributed by atoms with Crippen molar-refractivity contribution in [2.45, 2.75) is 13.3 Å². The number of hydrogen-bond acceptors (Lipinski definition) is 5. The molecular weight excluding hydrogens is 242 g/mol. The summed E-state index contributed by atoms with van der Waals surface area (Å²) in [7, 11) is 0. The van der Waals surface area contributed by atoms with Crippen molar-refractivity contribution in [1.82, 2.24) is 10.1 Å². The number of hydrogen-bond donors (Lipinski definition) is 2. The maximum atomic E-state index is 13.1. The van der Waals surface area contributed by atoms with E-state index in [1.165, 1.54) is 0 Å². The molecule has 5 nitrogen and oxygen atoms in total. The number of rotatable bonds is 4. The van der Waals surface area contributed by atoms with Crippen molar-refractivity contribution in [3.05, 3.63) is 35.5 Å². The summed E-state index contributed by atoms with van der Waals surface area (Å²) in [5.41, 5.74) is 5.59. The highest BCUT2D eigenvalue weighted by atomic mass is 19.1. The molecule has 0 amide bonds. The lowest BCUT2D eigenvalue weighted by atomic mass is 10.2. The number of anilines is 2. The molecule has 1 aromatic heterocycles. The molecule has 0 radical (unpaired) electrons. The van der Waals surface area contributed by atoms with E-state index in [0.717, 1.165) is 12.1 Å². The number of aryl methyl sites for hydroxylation is 1. The van der Waals surface area contributed by atoms with Gasteiger partial charge in [0.15, 0.2) is 11.6 Å². The van der Waals surface area contributed by atoms with Crippen LogP contribution in [-0.2, 0) is 6.42 Å². The summed E-state index contributed by atoms with van der Waals surface area (Å²) in [6.07, 6.45) is 0.467. The van der Waals surface area contributed by atoms with Gasteiger partial charge in [-0.05, 0) is 6.07 Å². The molecular formula is C11H12F2N4O. The van der Waals surface area contributed by atoms with Crippen LogP contribution < -0.4 is 11.1 Å². The minimum Gasteiger partial charge on any atom is -0.395 e. The topological polar surface area (TPSA) is 77.0 Å². The van der Waals surface area contributed by atoms with Gasteiger partial charge in [-0.2, -0.15) is 4.98 Å². The van der Waals surface area contributed by atoms with Crippen LogP contribution in [0.1, 0.15) is 11.7 Å². The van der Waals surface area contributed by atoms with Gasteiger partial charge in [-0.3, -0.25) is 0 Å². The van der Waals surface area contributed by atoms with E-state index in [1.54, 1.807) is 6.92 Å². The summed E-state index contributed by atoms with van der Waals surface area (Å²) >= 11 is 0. The highest BCUT2D eigenvalue weighted by molar-refractivity contribution is 5.66. The normalized spacial score (nSPS) is 10.6. The lowest BCUT2D eigenvalue weighted by Gasteiger charge is -2.09. The predicted molar refractivity (Wildman–Crippen MR) is 62.0 cm³/mol. The van der Waals surface area contributed by atoms with Crippen molar-refractivity contribution in [3.8, 4) is 0 Å². The fraction of sp³-hybridized carbons (Fsp3) is 0.273. The zero-order valence-corrected chi connectivity index (χ0v) is 9.70. The Morgan fingerprint density at radius 1 is 1.39 bits per heavy atom. The van der Waals surface area contributed by atoms with Crippen LogP contribution in [0.3, 0.4) is 0 Å². The van der Waals surface area contributed by atoms with E-state index in [1.807, 2.05) is 0 Å². The van der Waals surface area contributed by atoms with E-state index in [9.17, 15) is 8.78 Å². The number of nitrogen functional groups attached to an aromatic ring is 1. The van der Waals surface area contributed by atoms with Crippen LogP contribution in [0, 0.1) is 18.6 Å². The molecule has 0 aliphatic heterocycles. The summed E-state index contributed by atoms with van der Waals surface area (Å²) in [6, 6.07) is 1.88. The van der Waals surface area contributed by atoms with Crippen molar-refractivity contribution in [2.75, 3.05) is 17.6 Å². The SMILES string of the molecule is Cc1nc(CCNc2cc(F)cc(F)c2N)no1. The predicted octanol–water partition coefficient (Wildman–Crippen LogP) is 1.89. The van der Waals surface area contributed by atoms with Crippen LogP contribution in [0.2, 0.25) is 0 Å². The molecule has 96 valence electrons. The Bertz CT molecular complexity index is 556. The molecule has 0 atom stereocenters. The molecule has 0 fully saturated rings. The Morgan fingerprint density at radius 3 is 2.83 bits per heavy atom. The van der Waals surface area contributed by atoms with Gasteiger partial charge in [0.1, 0.15) is 5.82 Å². The fourth-order valence-corrected chi connectivity index (χ4v) is 1.48. The van der Waals surface area contributed by atoms with Gasteiger partial charge in [0.05, 0.1) is 11.4 Å². The molecule has 0 spiro atoms. The van der Waals surface area contributed by atoms with Gasteiger partial charge in [-0.25, -0.2) is 8.78 Å². The summed E-state index contributed by atoms with van der Waals surface area (Å²) in [5.74, 6) is -0.468. The summed E-state index contributed by atoms with van der Waals surface area (Å²) < 4.78 is 30.9. The van der Waals surface area contributed by atoms with Crippen molar-refractivity contribution in [2.24, 2.45) is 0 Å². The molecule has 1 heterocycles. The molecule has 0 unspecified atom stereocenters. The van der Waals surface area contributed by atoms with Crippen LogP contribution in [0.4, 0.5) is 20.2 Å². The monoisotopic (exact) mass is 254 g/mol. The third kappa shape index (κ3) is 2.73. The summed E-state index contributed by atoms with van der Waals surface area (Å²) in [4.78, 5) is 4.00. The molecule has 1 aromatic carbocycles. The second-order valence-electron chi connectivity index (χ2n) is 3.76. The van der Waals surface area contributed by atoms with E-state index in [0.29, 0.717) is 24.7 Å². The molecule has 0 aliphatic rings. The first-order valence-corrected chi connectivity index (χ1v) is 5.34. The highest BCUT2D eigenvalue weighted by Gasteiger charge is 2.08. The molecule has 2 aromatic rings. The minimum absolute atomic E-state index is 0.110. The standard InChI is InChI=1S/C11H12F2N4O/c1-6-16-10(17-18-6)2-3-15-9-5-7(12)4-8(13)11(9)14/h4-5,15H,2-3,14H2,1H3. The number of aromatic nitrogens is 2. The van der Waals surface area contributed by atoms with Gasteiger partial charge < -0.3 is 15.6 Å². The molecule has 7 heteroatoms. The quantitative estimate of drug-likeness (QED) is 0.815. The Labute approximate surface area is 102 Å². The first kappa shape index (κ1) is 12.3. The zero-order valence-electron chi connectivity index (χ0n) is 9.70. The van der Waals surface area contributed by atoms with Gasteiger partial charge in [0.2, 0.25) is 5.89 Å². The van der Waals surface area contributed by atoms with Gasteiger partial charge in [0.25, 0.3) is 0 Å². The van der Waals surface area contributed by atoms with E-state index < -0.39 is 11.6 Å². The Balaban J connectivity index is 1.98. The number of benzene rings is 1. The molecule has 0 aliphatic carbocycles. The minimum atomic E-state index is -0.784. The number of nitrogens with one attached hydrogen (secondary N) is 1. The van der Waals surface area contributed by atoms with Crippen LogP contribution in [0.25, 0.3) is 0 Å². The Hall–Kier alpha value is -2.18. The summed E-state index contributed by atoms with van der Waals surface area (Å²) in [5, 5.41) is 6.52. The van der Waals surface area contributed by atoms with Crippen molar-refractivity contribution in [1.29, 1.82) is 0 Å². The van der Waals surface area contributed by atoms with Crippen molar-refractivity contribution >= 4 is 11.4 Å². The number of nitrogens with zero attached hydrogens (tertiary/aromatic N) is 2. The second kappa shape index (κ2) is 4.99. The number of nitrogens with two attached hydrogens (primary N) is 1. The molecule has 18 heavy (non-hydrogen) atoms. The Kier molecular flexibility index (Phi) is 3.40. The van der Waals surface area contributed by atoms with E-state index in [4.69, 9.17) is 10.3 Å². The molecule has 0 bridgehead atoms. The van der Waals surface area contributed by atoms with E-state index in [2.05, 4.69) is 15.5 Å². The first-order chi connectivity index (χ1) is 8.56. The van der Waals surface area contributed by atoms with Gasteiger partial charge in [0, 0.05) is 26.0 Å². The second-order valence-corrected chi connectivity index (χ2v) is 3.76. The largest absolute Gasteiger partial charge is 0.395 e. The zero-order chi connectivity index (χ0) is 13.1. The highest BCUT2D eigenvalue weighted by Crippen LogP contribution is 2.23. The third-order valence-electron chi connectivity index (χ3n) is 2.33. The maximum Gasteiger partial charge on any atom is 0.223 e. The van der Waals surface area contributed by atoms with Crippen molar-refractivity contribution in [3.63, 3.8) is 0 Å². The number of halogens is 2. The lowest BCUT2D eigenvalue weighted by Crippen LogP contribution is -2.09. The van der Waals surface area contributed by atoms with Gasteiger partial charge in [-0.15, -0.1) is 0 Å². The molecule has 0 saturated heterocycles. The average molecular weight is 254 g/mol. The first-order valence-electron chi connectivity index (χ1n) is 5.34. The third-order valence-corrected chi connectivity index (χ3v) is 2.33. The smallest absolute Gasteiger partial charge is 0.223 e.